The molecule has 3 heterocycles. The third kappa shape index (κ3) is 7.34. The number of aryl methyl sites for hydroxylation is 1. The molecule has 6 rings (SSSR count). The lowest BCUT2D eigenvalue weighted by Gasteiger charge is -2.30. The van der Waals surface area contributed by atoms with Gasteiger partial charge in [-0.3, -0.25) is 14.5 Å². The van der Waals surface area contributed by atoms with Crippen LogP contribution in [0.25, 0.3) is 0 Å². The van der Waals surface area contributed by atoms with E-state index in [9.17, 15) is 14.7 Å². The van der Waals surface area contributed by atoms with Crippen LogP contribution in [0.15, 0.2) is 60.7 Å². The van der Waals surface area contributed by atoms with Crippen LogP contribution in [0, 0.1) is 5.92 Å². The highest BCUT2D eigenvalue weighted by Gasteiger charge is 2.47. The Labute approximate surface area is 277 Å². The number of carboxylic acids is 1. The second-order valence-corrected chi connectivity index (χ2v) is 13.8. The number of nitrogens with zero attached hydrogens (tertiary/aromatic N) is 3. The Balaban J connectivity index is 1.30. The van der Waals surface area contributed by atoms with Crippen LogP contribution in [0.5, 0.6) is 23.0 Å². The second-order valence-electron chi connectivity index (χ2n) is 13.8. The number of anilines is 1. The number of carbonyl (C=O) groups excluding carboxylic acids is 1. The maximum atomic E-state index is 14.3. The van der Waals surface area contributed by atoms with Crippen LogP contribution >= 0.6 is 0 Å². The topological polar surface area (TPSA) is 97.8 Å². The van der Waals surface area contributed by atoms with Gasteiger partial charge >= 0.3 is 5.97 Å². The van der Waals surface area contributed by atoms with E-state index in [1.54, 1.807) is 0 Å². The summed E-state index contributed by atoms with van der Waals surface area (Å²) in [5.74, 6) is 0.724. The van der Waals surface area contributed by atoms with Gasteiger partial charge in [-0.1, -0.05) is 43.7 Å². The standard InChI is InChI=1S/C37H45N3O7/c1-5-6-17-39(28-11-7-9-25(18-28)22-40(2,3)4)34(41)21-38-20-29(27-14-16-31-33(19-27)46-23-44-31)35(37(42)43)30(38)15-13-26-10-8-12-32-36(26)47-24-45-32/h7-12,14,16,18-19,29-30,35H,5-6,13,15,17,20-24H2,1-4H3/p+1/t29-,30+,35?/m1/s1. The zero-order valence-electron chi connectivity index (χ0n) is 27.8. The van der Waals surface area contributed by atoms with Gasteiger partial charge in [-0.25, -0.2) is 0 Å². The van der Waals surface area contributed by atoms with Gasteiger partial charge in [0.05, 0.1) is 33.6 Å². The summed E-state index contributed by atoms with van der Waals surface area (Å²) in [5, 5.41) is 10.7. The summed E-state index contributed by atoms with van der Waals surface area (Å²) in [4.78, 5) is 31.4. The molecule has 0 saturated carbocycles. The molecule has 1 N–H and O–H groups in total. The van der Waals surface area contributed by atoms with Crippen molar-refractivity contribution in [3.05, 3.63) is 77.4 Å². The van der Waals surface area contributed by atoms with Crippen molar-refractivity contribution >= 4 is 17.6 Å². The molecule has 10 heteroatoms. The molecular weight excluding hydrogens is 598 g/mol. The van der Waals surface area contributed by atoms with E-state index in [0.717, 1.165) is 40.7 Å². The molecule has 0 aliphatic carbocycles. The van der Waals surface area contributed by atoms with Crippen LogP contribution in [0.4, 0.5) is 5.69 Å². The first-order valence-corrected chi connectivity index (χ1v) is 16.5. The van der Waals surface area contributed by atoms with Crippen LogP contribution in [0.2, 0.25) is 0 Å². The summed E-state index contributed by atoms with van der Waals surface area (Å²) in [7, 11) is 6.45. The Bertz CT molecular complexity index is 1600. The van der Waals surface area contributed by atoms with Gasteiger partial charge in [0.2, 0.25) is 19.5 Å². The van der Waals surface area contributed by atoms with E-state index in [1.807, 2.05) is 53.4 Å². The fourth-order valence-electron chi connectivity index (χ4n) is 7.17. The predicted molar refractivity (Wildman–Crippen MR) is 178 cm³/mol. The van der Waals surface area contributed by atoms with Crippen molar-refractivity contribution in [3.8, 4) is 23.0 Å². The zero-order chi connectivity index (χ0) is 33.1. The van der Waals surface area contributed by atoms with Crippen LogP contribution in [0.3, 0.4) is 0 Å². The predicted octanol–water partition coefficient (Wildman–Crippen LogP) is 5.28. The first-order chi connectivity index (χ1) is 22.6. The van der Waals surface area contributed by atoms with Crippen molar-refractivity contribution in [3.63, 3.8) is 0 Å². The van der Waals surface area contributed by atoms with Crippen molar-refractivity contribution in [2.75, 3.05) is 59.3 Å². The molecule has 250 valence electrons. The van der Waals surface area contributed by atoms with Crippen LogP contribution in [-0.2, 0) is 22.6 Å². The van der Waals surface area contributed by atoms with Crippen molar-refractivity contribution in [1.29, 1.82) is 0 Å². The average molecular weight is 645 g/mol. The fourth-order valence-corrected chi connectivity index (χ4v) is 7.17. The number of fused-ring (bicyclic) bond motifs is 2. The number of hydrogen-bond donors (Lipinski definition) is 1. The Morgan fingerprint density at radius 3 is 2.49 bits per heavy atom. The Kier molecular flexibility index (Phi) is 9.61. The van der Waals surface area contributed by atoms with Crippen LogP contribution < -0.4 is 23.8 Å². The monoisotopic (exact) mass is 644 g/mol. The number of para-hydroxylation sites is 1. The van der Waals surface area contributed by atoms with Gasteiger partial charge in [0.1, 0.15) is 6.54 Å². The summed E-state index contributed by atoms with van der Waals surface area (Å²) in [6.07, 6.45) is 2.95. The highest BCUT2D eigenvalue weighted by Crippen LogP contribution is 2.44. The highest BCUT2D eigenvalue weighted by atomic mass is 16.7. The minimum Gasteiger partial charge on any atom is -0.481 e. The Morgan fingerprint density at radius 1 is 0.936 bits per heavy atom. The number of carboxylic acid groups (broad SMARTS) is 1. The molecule has 0 aromatic heterocycles. The lowest BCUT2D eigenvalue weighted by molar-refractivity contribution is -0.884. The van der Waals surface area contributed by atoms with E-state index in [0.29, 0.717) is 48.9 Å². The molecule has 0 bridgehead atoms. The summed E-state index contributed by atoms with van der Waals surface area (Å²) in [6.45, 7) is 4.43. The molecule has 3 atom stereocenters. The van der Waals surface area contributed by atoms with Gasteiger partial charge in [0.15, 0.2) is 23.0 Å². The molecule has 3 aliphatic heterocycles. The summed E-state index contributed by atoms with van der Waals surface area (Å²) in [5.41, 5.74) is 3.89. The SMILES string of the molecule is CCCCN(C(=O)CN1C[C@H](c2ccc3c(c2)OCO3)C(C(=O)O)[C@@H]1CCc1cccc2c1OCO2)c1cccc(C[N+](C)(C)C)c1. The number of unbranched alkanes of at least 4 members (excludes halogenated alkanes) is 1. The summed E-state index contributed by atoms with van der Waals surface area (Å²) >= 11 is 0. The number of ether oxygens (including phenoxy) is 4. The maximum Gasteiger partial charge on any atom is 0.308 e. The average Bonchev–Trinajstić information content (AvgIpc) is 3.78. The van der Waals surface area contributed by atoms with Crippen LogP contribution in [0.1, 0.15) is 48.8 Å². The number of aliphatic carboxylic acids is 1. The fraction of sp³-hybridized carbons (Fsp3) is 0.459. The third-order valence-electron chi connectivity index (χ3n) is 9.30. The number of quaternary nitrogens is 1. The third-order valence-corrected chi connectivity index (χ3v) is 9.30. The number of carbonyl (C=O) groups is 2. The number of likely N-dealkylation sites (tertiary alicyclic amines) is 1. The molecule has 0 spiro atoms. The molecule has 10 nitrogen and oxygen atoms in total. The van der Waals surface area contributed by atoms with E-state index in [4.69, 9.17) is 18.9 Å². The van der Waals surface area contributed by atoms with Gasteiger partial charge in [-0.15, -0.1) is 0 Å². The normalized spacial score (nSPS) is 20.0. The van der Waals surface area contributed by atoms with E-state index in [-0.39, 0.29) is 38.0 Å². The molecule has 1 fully saturated rings. The van der Waals surface area contributed by atoms with Crippen molar-refractivity contribution < 1.29 is 38.1 Å². The van der Waals surface area contributed by atoms with Crippen molar-refractivity contribution in [1.82, 2.24) is 4.90 Å². The Morgan fingerprint density at radius 2 is 1.70 bits per heavy atom. The number of hydrogen-bond acceptors (Lipinski definition) is 7. The van der Waals surface area contributed by atoms with E-state index >= 15 is 0 Å². The number of amides is 1. The van der Waals surface area contributed by atoms with E-state index in [2.05, 4.69) is 45.1 Å². The number of rotatable bonds is 13. The first-order valence-electron chi connectivity index (χ1n) is 16.5. The van der Waals surface area contributed by atoms with E-state index < -0.39 is 11.9 Å². The van der Waals surface area contributed by atoms with Gasteiger partial charge in [0, 0.05) is 36.3 Å². The highest BCUT2D eigenvalue weighted by molar-refractivity contribution is 5.95. The molecule has 1 amide bonds. The molecule has 3 aromatic carbocycles. The van der Waals surface area contributed by atoms with Crippen LogP contribution in [-0.4, -0.2) is 86.8 Å². The molecule has 3 aliphatic rings. The number of benzene rings is 3. The van der Waals surface area contributed by atoms with Gasteiger partial charge < -0.3 is 33.4 Å². The molecular formula is C37H46N3O7+. The van der Waals surface area contributed by atoms with Crippen molar-refractivity contribution in [2.45, 2.75) is 51.1 Å². The summed E-state index contributed by atoms with van der Waals surface area (Å²) < 4.78 is 23.3. The largest absolute Gasteiger partial charge is 0.481 e. The van der Waals surface area contributed by atoms with Gasteiger partial charge in [-0.2, -0.15) is 0 Å². The van der Waals surface area contributed by atoms with Crippen molar-refractivity contribution in [2.24, 2.45) is 5.92 Å². The minimum absolute atomic E-state index is 0.0290. The lowest BCUT2D eigenvalue weighted by atomic mass is 9.83. The minimum atomic E-state index is -0.874. The van der Waals surface area contributed by atoms with Gasteiger partial charge in [-0.05, 0) is 60.7 Å². The molecule has 0 radical (unpaired) electrons. The smallest absolute Gasteiger partial charge is 0.308 e. The van der Waals surface area contributed by atoms with E-state index in [1.165, 1.54) is 5.56 Å². The molecule has 1 unspecified atom stereocenters. The summed E-state index contributed by atoms with van der Waals surface area (Å²) in [6, 6.07) is 19.3. The maximum absolute atomic E-state index is 14.3. The second kappa shape index (κ2) is 13.8. The lowest BCUT2D eigenvalue weighted by Crippen LogP contribution is -2.44. The quantitative estimate of drug-likeness (QED) is 0.251. The molecule has 3 aromatic rings. The molecule has 47 heavy (non-hydrogen) atoms. The molecule has 1 saturated heterocycles. The zero-order valence-corrected chi connectivity index (χ0v) is 27.8. The Hall–Kier alpha value is -4.28. The first kappa shape index (κ1) is 32.7. The van der Waals surface area contributed by atoms with Gasteiger partial charge in [0.25, 0.3) is 0 Å².